The number of hydrogen-bond acceptors (Lipinski definition) is 3. The minimum absolute atomic E-state index is 0.179. The summed E-state index contributed by atoms with van der Waals surface area (Å²) in [7, 11) is 1.57. The molecule has 0 bridgehead atoms. The minimum Gasteiger partial charge on any atom is -0.493 e. The number of hydrogen-bond donors (Lipinski definition) is 0. The first-order valence-electron chi connectivity index (χ1n) is 5.33. The lowest BCUT2D eigenvalue weighted by Gasteiger charge is -2.05. The standard InChI is InChI=1S/C11H16N2O2/c1-4-13-10(9(15-3)6-12-13)11(14)8-5-7(8)2/h6-8H,4-5H2,1-3H3. The van der Waals surface area contributed by atoms with E-state index in [-0.39, 0.29) is 11.7 Å². The molecule has 1 aromatic rings. The number of rotatable bonds is 4. The first kappa shape index (κ1) is 10.2. The van der Waals surface area contributed by atoms with E-state index in [0.717, 1.165) is 6.42 Å². The normalized spacial score (nSPS) is 23.9. The fourth-order valence-electron chi connectivity index (χ4n) is 1.87. The van der Waals surface area contributed by atoms with Gasteiger partial charge in [0, 0.05) is 12.5 Å². The monoisotopic (exact) mass is 208 g/mol. The Hall–Kier alpha value is -1.32. The van der Waals surface area contributed by atoms with Crippen LogP contribution < -0.4 is 4.74 Å². The van der Waals surface area contributed by atoms with Crippen LogP contribution in [0.2, 0.25) is 0 Å². The van der Waals surface area contributed by atoms with Crippen LogP contribution in [0.5, 0.6) is 5.75 Å². The average molecular weight is 208 g/mol. The molecule has 0 amide bonds. The molecule has 2 unspecified atom stereocenters. The van der Waals surface area contributed by atoms with Crippen LogP contribution in [-0.2, 0) is 6.54 Å². The molecule has 82 valence electrons. The molecule has 1 saturated carbocycles. The maximum absolute atomic E-state index is 12.1. The van der Waals surface area contributed by atoms with Crippen molar-refractivity contribution in [1.82, 2.24) is 9.78 Å². The maximum atomic E-state index is 12.1. The van der Waals surface area contributed by atoms with Crippen LogP contribution >= 0.6 is 0 Å². The molecule has 1 fully saturated rings. The Balaban J connectivity index is 2.32. The highest BCUT2D eigenvalue weighted by Gasteiger charge is 2.41. The predicted molar refractivity (Wildman–Crippen MR) is 56.1 cm³/mol. The van der Waals surface area contributed by atoms with Crippen LogP contribution in [0, 0.1) is 11.8 Å². The van der Waals surface area contributed by atoms with Gasteiger partial charge >= 0.3 is 0 Å². The van der Waals surface area contributed by atoms with Gasteiger partial charge in [0.25, 0.3) is 0 Å². The number of methoxy groups -OCH3 is 1. The van der Waals surface area contributed by atoms with Gasteiger partial charge in [0.2, 0.25) is 0 Å². The SMILES string of the molecule is CCn1ncc(OC)c1C(=O)C1CC1C. The zero-order valence-corrected chi connectivity index (χ0v) is 9.36. The molecule has 1 aliphatic rings. The topological polar surface area (TPSA) is 44.1 Å². The number of Topliss-reactive ketones (excluding diaryl/α,β-unsaturated/α-hetero) is 1. The minimum atomic E-state index is 0.179. The Kier molecular flexibility index (Phi) is 2.50. The third-order valence-corrected chi connectivity index (χ3v) is 3.00. The Morgan fingerprint density at radius 3 is 2.87 bits per heavy atom. The van der Waals surface area contributed by atoms with E-state index in [1.807, 2.05) is 6.92 Å². The third-order valence-electron chi connectivity index (χ3n) is 3.00. The molecule has 2 rings (SSSR count). The Morgan fingerprint density at radius 2 is 2.40 bits per heavy atom. The Labute approximate surface area is 89.2 Å². The fraction of sp³-hybridized carbons (Fsp3) is 0.636. The van der Waals surface area contributed by atoms with E-state index in [1.54, 1.807) is 18.0 Å². The average Bonchev–Trinajstić information content (AvgIpc) is 2.83. The molecule has 1 aromatic heterocycles. The summed E-state index contributed by atoms with van der Waals surface area (Å²) in [5.74, 6) is 1.47. The van der Waals surface area contributed by atoms with Gasteiger partial charge in [-0.25, -0.2) is 0 Å². The zero-order chi connectivity index (χ0) is 11.0. The van der Waals surface area contributed by atoms with Crippen molar-refractivity contribution in [1.29, 1.82) is 0 Å². The largest absolute Gasteiger partial charge is 0.493 e. The molecule has 1 heterocycles. The molecule has 1 aliphatic carbocycles. The molecular formula is C11H16N2O2. The summed E-state index contributed by atoms with van der Waals surface area (Å²) < 4.78 is 6.87. The van der Waals surface area contributed by atoms with Crippen molar-refractivity contribution in [3.8, 4) is 5.75 Å². The van der Waals surface area contributed by atoms with Crippen molar-refractivity contribution < 1.29 is 9.53 Å². The molecule has 0 N–H and O–H groups in total. The van der Waals surface area contributed by atoms with E-state index in [4.69, 9.17) is 4.74 Å². The Morgan fingerprint density at radius 1 is 1.73 bits per heavy atom. The van der Waals surface area contributed by atoms with Crippen LogP contribution in [0.3, 0.4) is 0 Å². The summed E-state index contributed by atoms with van der Waals surface area (Å²) in [6.45, 7) is 4.77. The van der Waals surface area contributed by atoms with Crippen LogP contribution in [-0.4, -0.2) is 22.7 Å². The van der Waals surface area contributed by atoms with Gasteiger partial charge in [-0.1, -0.05) is 6.92 Å². The second kappa shape index (κ2) is 3.68. The van der Waals surface area contributed by atoms with Crippen molar-refractivity contribution in [3.05, 3.63) is 11.9 Å². The highest BCUT2D eigenvalue weighted by molar-refractivity contribution is 6.00. The summed E-state index contributed by atoms with van der Waals surface area (Å²) in [5.41, 5.74) is 0.634. The van der Waals surface area contributed by atoms with Crippen molar-refractivity contribution in [2.45, 2.75) is 26.8 Å². The van der Waals surface area contributed by atoms with Gasteiger partial charge in [-0.15, -0.1) is 0 Å². The van der Waals surface area contributed by atoms with Gasteiger partial charge < -0.3 is 4.74 Å². The highest BCUT2D eigenvalue weighted by atomic mass is 16.5. The molecular weight excluding hydrogens is 192 g/mol. The van der Waals surface area contributed by atoms with Crippen molar-refractivity contribution in [2.75, 3.05) is 7.11 Å². The number of ketones is 1. The number of ether oxygens (including phenoxy) is 1. The summed E-state index contributed by atoms with van der Waals surface area (Å²) >= 11 is 0. The van der Waals surface area contributed by atoms with Crippen molar-refractivity contribution in [2.24, 2.45) is 11.8 Å². The molecule has 0 saturated heterocycles. The van der Waals surface area contributed by atoms with Gasteiger partial charge in [-0.2, -0.15) is 5.10 Å². The second-order valence-electron chi connectivity index (χ2n) is 4.06. The molecule has 0 aliphatic heterocycles. The van der Waals surface area contributed by atoms with Crippen molar-refractivity contribution >= 4 is 5.78 Å². The van der Waals surface area contributed by atoms with Gasteiger partial charge in [-0.3, -0.25) is 9.48 Å². The summed E-state index contributed by atoms with van der Waals surface area (Å²) in [4.78, 5) is 12.1. The van der Waals surface area contributed by atoms with Gasteiger partial charge in [0.1, 0.15) is 5.69 Å². The number of carbonyl (C=O) groups is 1. The van der Waals surface area contributed by atoms with Gasteiger partial charge in [-0.05, 0) is 19.3 Å². The second-order valence-corrected chi connectivity index (χ2v) is 4.06. The predicted octanol–water partition coefficient (Wildman–Crippen LogP) is 1.75. The van der Waals surface area contributed by atoms with E-state index in [0.29, 0.717) is 23.9 Å². The first-order chi connectivity index (χ1) is 7.19. The molecule has 2 atom stereocenters. The summed E-state index contributed by atoms with van der Waals surface area (Å²) in [6.07, 6.45) is 2.61. The molecule has 15 heavy (non-hydrogen) atoms. The lowest BCUT2D eigenvalue weighted by atomic mass is 10.1. The van der Waals surface area contributed by atoms with E-state index in [9.17, 15) is 4.79 Å². The zero-order valence-electron chi connectivity index (χ0n) is 9.36. The molecule has 0 radical (unpaired) electrons. The van der Waals surface area contributed by atoms with E-state index in [1.165, 1.54) is 0 Å². The number of aromatic nitrogens is 2. The maximum Gasteiger partial charge on any atom is 0.188 e. The molecule has 4 heteroatoms. The van der Waals surface area contributed by atoms with Gasteiger partial charge in [0.05, 0.1) is 13.3 Å². The molecule has 0 spiro atoms. The third kappa shape index (κ3) is 1.64. The van der Waals surface area contributed by atoms with E-state index >= 15 is 0 Å². The van der Waals surface area contributed by atoms with Crippen LogP contribution in [0.15, 0.2) is 6.20 Å². The lowest BCUT2D eigenvalue weighted by molar-refractivity contribution is 0.0948. The van der Waals surface area contributed by atoms with Crippen LogP contribution in [0.25, 0.3) is 0 Å². The van der Waals surface area contributed by atoms with Crippen LogP contribution in [0.4, 0.5) is 0 Å². The first-order valence-corrected chi connectivity index (χ1v) is 5.33. The lowest BCUT2D eigenvalue weighted by Crippen LogP contribution is -2.12. The number of nitrogens with zero attached hydrogens (tertiary/aromatic N) is 2. The molecule has 0 aromatic carbocycles. The Bertz CT molecular complexity index is 362. The highest BCUT2D eigenvalue weighted by Crippen LogP contribution is 2.41. The van der Waals surface area contributed by atoms with Crippen molar-refractivity contribution in [3.63, 3.8) is 0 Å². The summed E-state index contributed by atoms with van der Waals surface area (Å²) in [5, 5.41) is 4.13. The fourth-order valence-corrected chi connectivity index (χ4v) is 1.87. The smallest absolute Gasteiger partial charge is 0.188 e. The summed E-state index contributed by atoms with van der Waals surface area (Å²) in [6, 6.07) is 0. The quantitative estimate of drug-likeness (QED) is 0.708. The van der Waals surface area contributed by atoms with E-state index < -0.39 is 0 Å². The van der Waals surface area contributed by atoms with Gasteiger partial charge in [0.15, 0.2) is 11.5 Å². The number of carbonyl (C=O) groups excluding carboxylic acids is 1. The number of aryl methyl sites for hydroxylation is 1. The van der Waals surface area contributed by atoms with E-state index in [2.05, 4.69) is 12.0 Å². The molecule has 4 nitrogen and oxygen atoms in total. The van der Waals surface area contributed by atoms with Crippen LogP contribution in [0.1, 0.15) is 30.8 Å².